The molecule has 0 rings (SSSR count). The number of hydrogen-bond donors (Lipinski definition) is 2. The molecule has 0 aliphatic rings. The van der Waals surface area contributed by atoms with Crippen LogP contribution in [-0.4, -0.2) is 33.7 Å². The molecule has 0 aromatic heterocycles. The van der Waals surface area contributed by atoms with Gasteiger partial charge in [0.2, 0.25) is 0 Å². The average Bonchev–Trinajstić information content (AvgIpc) is 2.37. The van der Waals surface area contributed by atoms with E-state index in [0.717, 1.165) is 0 Å². The van der Waals surface area contributed by atoms with E-state index in [0.29, 0.717) is 0 Å². The van der Waals surface area contributed by atoms with Gasteiger partial charge < -0.3 is 10.2 Å². The van der Waals surface area contributed by atoms with Crippen LogP contribution in [0.5, 0.6) is 0 Å². The molecule has 0 fully saturated rings. The summed E-state index contributed by atoms with van der Waals surface area (Å²) in [6.45, 7) is 3.17. The molecule has 0 amide bonds. The van der Waals surface area contributed by atoms with Crippen molar-refractivity contribution in [2.45, 2.75) is 52.4 Å². The molecule has 0 radical (unpaired) electrons. The normalized spacial score (nSPS) is 11.1. The molecular formula is C13H20O6. The number of Topliss-reactive ketones (excluding diaryl/α,β-unsaturated/α-hetero) is 2. The Bertz CT molecular complexity index is 335. The minimum atomic E-state index is -1.46. The fourth-order valence-corrected chi connectivity index (χ4v) is 2.16. The first kappa shape index (κ1) is 17.3. The van der Waals surface area contributed by atoms with Gasteiger partial charge in [0.25, 0.3) is 0 Å². The number of rotatable bonds is 10. The molecule has 0 aromatic rings. The Balaban J connectivity index is 5.30. The average molecular weight is 272 g/mol. The third-order valence-electron chi connectivity index (χ3n) is 3.24. The number of carboxylic acids is 2. The first-order valence-corrected chi connectivity index (χ1v) is 6.30. The smallest absolute Gasteiger partial charge is 0.303 e. The predicted molar refractivity (Wildman–Crippen MR) is 66.8 cm³/mol. The zero-order valence-corrected chi connectivity index (χ0v) is 11.3. The molecule has 2 N–H and O–H groups in total. The van der Waals surface area contributed by atoms with E-state index in [1.165, 1.54) is 0 Å². The van der Waals surface area contributed by atoms with E-state index in [1.54, 1.807) is 13.8 Å². The van der Waals surface area contributed by atoms with Crippen LogP contribution in [0.4, 0.5) is 0 Å². The lowest BCUT2D eigenvalue weighted by molar-refractivity contribution is -0.145. The molecule has 0 bridgehead atoms. The summed E-state index contributed by atoms with van der Waals surface area (Å²) in [5, 5.41) is 17.4. The van der Waals surface area contributed by atoms with Gasteiger partial charge in [-0.3, -0.25) is 19.2 Å². The van der Waals surface area contributed by atoms with Crippen LogP contribution in [0.25, 0.3) is 0 Å². The summed E-state index contributed by atoms with van der Waals surface area (Å²) in [5.41, 5.74) is -1.46. The molecule has 6 heteroatoms. The summed E-state index contributed by atoms with van der Waals surface area (Å²) in [6, 6.07) is 0. The van der Waals surface area contributed by atoms with Crippen LogP contribution in [0, 0.1) is 5.41 Å². The van der Waals surface area contributed by atoms with Gasteiger partial charge in [0, 0.05) is 25.7 Å². The van der Waals surface area contributed by atoms with Crippen molar-refractivity contribution >= 4 is 23.5 Å². The van der Waals surface area contributed by atoms with Crippen molar-refractivity contribution in [2.24, 2.45) is 5.41 Å². The van der Waals surface area contributed by atoms with Gasteiger partial charge in [-0.2, -0.15) is 0 Å². The molecular weight excluding hydrogens is 252 g/mol. The standard InChI is InChI=1S/C13H20O6/c1-3-9(14)13(10(15)4-2,7-5-11(16)17)8-6-12(18)19/h3-8H2,1-2H3,(H,16,17)(H,18,19). The van der Waals surface area contributed by atoms with Crippen molar-refractivity contribution < 1.29 is 29.4 Å². The lowest BCUT2D eigenvalue weighted by atomic mass is 9.70. The maximum atomic E-state index is 12.1. The fourth-order valence-electron chi connectivity index (χ4n) is 2.16. The summed E-state index contributed by atoms with van der Waals surface area (Å²) in [7, 11) is 0. The zero-order valence-electron chi connectivity index (χ0n) is 11.3. The molecule has 0 spiro atoms. The minimum absolute atomic E-state index is 0.0883. The van der Waals surface area contributed by atoms with E-state index in [-0.39, 0.29) is 50.1 Å². The van der Waals surface area contributed by atoms with Crippen LogP contribution >= 0.6 is 0 Å². The number of carbonyl (C=O) groups excluding carboxylic acids is 2. The van der Waals surface area contributed by atoms with E-state index in [9.17, 15) is 19.2 Å². The molecule has 0 atom stereocenters. The molecule has 6 nitrogen and oxygen atoms in total. The lowest BCUT2D eigenvalue weighted by Crippen LogP contribution is -2.40. The first-order chi connectivity index (χ1) is 8.80. The van der Waals surface area contributed by atoms with Crippen LogP contribution < -0.4 is 0 Å². The predicted octanol–water partition coefficient (Wildman–Crippen LogP) is 1.66. The second-order valence-electron chi connectivity index (χ2n) is 4.42. The lowest BCUT2D eigenvalue weighted by Gasteiger charge is -2.29. The van der Waals surface area contributed by atoms with Crippen molar-refractivity contribution in [2.75, 3.05) is 0 Å². The summed E-state index contributed by atoms with van der Waals surface area (Å²) < 4.78 is 0. The number of aliphatic carboxylic acids is 2. The number of hydrogen-bond acceptors (Lipinski definition) is 4. The van der Waals surface area contributed by atoms with Gasteiger partial charge in [-0.25, -0.2) is 0 Å². The Hall–Kier alpha value is -1.72. The molecule has 0 aliphatic heterocycles. The second-order valence-corrected chi connectivity index (χ2v) is 4.42. The topological polar surface area (TPSA) is 109 Å². The highest BCUT2D eigenvalue weighted by Gasteiger charge is 2.43. The van der Waals surface area contributed by atoms with Gasteiger partial charge in [0.15, 0.2) is 0 Å². The summed E-state index contributed by atoms with van der Waals surface area (Å²) in [6.07, 6.45) is -0.728. The fraction of sp³-hybridized carbons (Fsp3) is 0.692. The Labute approximate surface area is 111 Å². The molecule has 0 aliphatic carbocycles. The molecule has 108 valence electrons. The number of ketones is 2. The van der Waals surface area contributed by atoms with Gasteiger partial charge >= 0.3 is 11.9 Å². The first-order valence-electron chi connectivity index (χ1n) is 6.30. The Morgan fingerprint density at radius 3 is 1.32 bits per heavy atom. The zero-order chi connectivity index (χ0) is 15.1. The Morgan fingerprint density at radius 2 is 1.11 bits per heavy atom. The summed E-state index contributed by atoms with van der Waals surface area (Å²) in [4.78, 5) is 45.4. The highest BCUT2D eigenvalue weighted by molar-refractivity contribution is 6.07. The number of carbonyl (C=O) groups is 4. The van der Waals surface area contributed by atoms with E-state index >= 15 is 0 Å². The summed E-state index contributed by atoms with van der Waals surface area (Å²) >= 11 is 0. The number of carboxylic acid groups (broad SMARTS) is 2. The molecule has 0 aromatic carbocycles. The monoisotopic (exact) mass is 272 g/mol. The third-order valence-corrected chi connectivity index (χ3v) is 3.24. The van der Waals surface area contributed by atoms with Crippen molar-refractivity contribution in [1.29, 1.82) is 0 Å². The van der Waals surface area contributed by atoms with Gasteiger partial charge in [0.1, 0.15) is 11.6 Å². The van der Waals surface area contributed by atoms with Gasteiger partial charge in [0.05, 0.1) is 5.41 Å². The van der Waals surface area contributed by atoms with Crippen molar-refractivity contribution in [3.05, 3.63) is 0 Å². The van der Waals surface area contributed by atoms with E-state index in [1.807, 2.05) is 0 Å². The molecule has 19 heavy (non-hydrogen) atoms. The van der Waals surface area contributed by atoms with Gasteiger partial charge in [-0.1, -0.05) is 13.8 Å². The van der Waals surface area contributed by atoms with Crippen molar-refractivity contribution in [3.8, 4) is 0 Å². The van der Waals surface area contributed by atoms with Crippen LogP contribution in [0.3, 0.4) is 0 Å². The van der Waals surface area contributed by atoms with Crippen LogP contribution in [-0.2, 0) is 19.2 Å². The van der Waals surface area contributed by atoms with E-state index in [2.05, 4.69) is 0 Å². The molecule has 0 heterocycles. The SMILES string of the molecule is CCC(=O)C(CCC(=O)O)(CCC(=O)O)C(=O)CC. The second kappa shape index (κ2) is 7.66. The minimum Gasteiger partial charge on any atom is -0.481 e. The maximum absolute atomic E-state index is 12.1. The summed E-state index contributed by atoms with van der Waals surface area (Å²) in [5.74, 6) is -2.95. The maximum Gasteiger partial charge on any atom is 0.303 e. The van der Waals surface area contributed by atoms with Gasteiger partial charge in [-0.05, 0) is 12.8 Å². The van der Waals surface area contributed by atoms with Crippen molar-refractivity contribution in [1.82, 2.24) is 0 Å². The largest absolute Gasteiger partial charge is 0.481 e. The molecule has 0 saturated heterocycles. The van der Waals surface area contributed by atoms with Gasteiger partial charge in [-0.15, -0.1) is 0 Å². The van der Waals surface area contributed by atoms with Crippen LogP contribution in [0.15, 0.2) is 0 Å². The van der Waals surface area contributed by atoms with Crippen LogP contribution in [0.1, 0.15) is 52.4 Å². The van der Waals surface area contributed by atoms with E-state index < -0.39 is 17.4 Å². The quantitative estimate of drug-likeness (QED) is 0.585. The highest BCUT2D eigenvalue weighted by Crippen LogP contribution is 2.34. The molecule has 0 saturated carbocycles. The highest BCUT2D eigenvalue weighted by atomic mass is 16.4. The third kappa shape index (κ3) is 4.81. The Morgan fingerprint density at radius 1 is 0.789 bits per heavy atom. The molecule has 0 unspecified atom stereocenters. The van der Waals surface area contributed by atoms with Crippen molar-refractivity contribution in [3.63, 3.8) is 0 Å². The van der Waals surface area contributed by atoms with E-state index in [4.69, 9.17) is 10.2 Å². The Kier molecular flexibility index (Phi) is 6.96. The van der Waals surface area contributed by atoms with Crippen LogP contribution in [0.2, 0.25) is 0 Å².